The van der Waals surface area contributed by atoms with E-state index < -0.39 is 34.1 Å². The molecule has 1 amide bonds. The zero-order chi connectivity index (χ0) is 24.7. The molecule has 0 spiro atoms. The maximum Gasteiger partial charge on any atom is 0.264 e. The summed E-state index contributed by atoms with van der Waals surface area (Å²) in [5, 5.41) is 2.69. The molecule has 7 nitrogen and oxygen atoms in total. The van der Waals surface area contributed by atoms with E-state index in [1.54, 1.807) is 12.1 Å². The van der Waals surface area contributed by atoms with Crippen LogP contribution in [-0.4, -0.2) is 41.6 Å². The fourth-order valence-electron chi connectivity index (χ4n) is 3.22. The summed E-state index contributed by atoms with van der Waals surface area (Å²) in [5.74, 6) is -0.576. The number of nitrogens with zero attached hydrogens (tertiary/aromatic N) is 1. The van der Waals surface area contributed by atoms with Gasteiger partial charge in [-0.05, 0) is 72.6 Å². The summed E-state index contributed by atoms with van der Waals surface area (Å²) < 4.78 is 64.4. The maximum atomic E-state index is 13.4. The zero-order valence-electron chi connectivity index (χ0n) is 18.6. The number of amides is 1. The molecule has 0 saturated heterocycles. The molecule has 0 radical (unpaired) electrons. The Morgan fingerprint density at radius 2 is 1.47 bits per heavy atom. The van der Waals surface area contributed by atoms with Crippen LogP contribution >= 0.6 is 0 Å². The number of hydrogen-bond acceptors (Lipinski definition) is 5. The first kappa shape index (κ1) is 25.0. The van der Waals surface area contributed by atoms with E-state index in [-0.39, 0.29) is 17.1 Å². The second-order valence-electron chi connectivity index (χ2n) is 7.23. The summed E-state index contributed by atoms with van der Waals surface area (Å²) in [6.07, 6.45) is 0.466. The van der Waals surface area contributed by atoms with Crippen molar-refractivity contribution in [3.05, 3.63) is 83.9 Å². The molecule has 0 aliphatic heterocycles. The van der Waals surface area contributed by atoms with Crippen LogP contribution in [0.4, 0.5) is 14.5 Å². The number of carbonyl (C=O) groups excluding carboxylic acids is 1. The highest BCUT2D eigenvalue weighted by molar-refractivity contribution is 7.92. The quantitative estimate of drug-likeness (QED) is 0.470. The number of nitrogens with one attached hydrogen (secondary N) is 1. The molecule has 0 atom stereocenters. The minimum atomic E-state index is -4.22. The third-order valence-electron chi connectivity index (χ3n) is 4.99. The second-order valence-corrected chi connectivity index (χ2v) is 9.09. The lowest BCUT2D eigenvalue weighted by molar-refractivity contribution is -0.119. The van der Waals surface area contributed by atoms with Gasteiger partial charge in [-0.1, -0.05) is 6.07 Å². The Hall–Kier alpha value is -3.66. The van der Waals surface area contributed by atoms with Crippen molar-refractivity contribution in [3.8, 4) is 11.5 Å². The van der Waals surface area contributed by atoms with Crippen molar-refractivity contribution in [2.75, 3.05) is 31.6 Å². The van der Waals surface area contributed by atoms with Crippen LogP contribution in [0.1, 0.15) is 5.56 Å². The number of ether oxygens (including phenoxy) is 2. The van der Waals surface area contributed by atoms with E-state index in [4.69, 9.17) is 9.47 Å². The molecule has 10 heteroatoms. The lowest BCUT2D eigenvalue weighted by atomic mass is 10.1. The van der Waals surface area contributed by atoms with Crippen molar-refractivity contribution in [1.82, 2.24) is 5.32 Å². The van der Waals surface area contributed by atoms with Crippen molar-refractivity contribution in [2.45, 2.75) is 11.3 Å². The number of anilines is 1. The van der Waals surface area contributed by atoms with Crippen LogP contribution in [0.15, 0.2) is 71.6 Å². The topological polar surface area (TPSA) is 84.9 Å². The van der Waals surface area contributed by atoms with Crippen LogP contribution in [0, 0.1) is 11.6 Å². The molecular weight excluding hydrogens is 466 g/mol. The van der Waals surface area contributed by atoms with E-state index in [1.165, 1.54) is 26.4 Å². The molecule has 0 heterocycles. The number of benzene rings is 3. The van der Waals surface area contributed by atoms with Gasteiger partial charge >= 0.3 is 0 Å². The van der Waals surface area contributed by atoms with Gasteiger partial charge in [-0.15, -0.1) is 0 Å². The molecule has 0 bridgehead atoms. The van der Waals surface area contributed by atoms with Gasteiger partial charge in [-0.3, -0.25) is 9.10 Å². The Balaban J connectivity index is 1.74. The van der Waals surface area contributed by atoms with Crippen LogP contribution < -0.4 is 19.1 Å². The Labute approximate surface area is 197 Å². The maximum absolute atomic E-state index is 13.4. The predicted octanol–water partition coefficient (Wildman–Crippen LogP) is 3.54. The number of sulfonamides is 1. The van der Waals surface area contributed by atoms with Gasteiger partial charge in [-0.25, -0.2) is 17.2 Å². The van der Waals surface area contributed by atoms with E-state index in [0.29, 0.717) is 17.9 Å². The van der Waals surface area contributed by atoms with Gasteiger partial charge in [0.2, 0.25) is 5.91 Å². The largest absolute Gasteiger partial charge is 0.493 e. The summed E-state index contributed by atoms with van der Waals surface area (Å²) >= 11 is 0. The molecule has 3 aromatic carbocycles. The fraction of sp³-hybridized carbons (Fsp3) is 0.208. The molecule has 3 aromatic rings. The lowest BCUT2D eigenvalue weighted by Crippen LogP contribution is -2.41. The number of halogens is 2. The molecule has 0 aromatic heterocycles. The van der Waals surface area contributed by atoms with Crippen molar-refractivity contribution in [2.24, 2.45) is 0 Å². The number of rotatable bonds is 10. The van der Waals surface area contributed by atoms with Crippen LogP contribution in [0.3, 0.4) is 0 Å². The second kappa shape index (κ2) is 11.0. The molecule has 0 unspecified atom stereocenters. The molecule has 0 fully saturated rings. The number of hydrogen-bond donors (Lipinski definition) is 1. The standard InChI is InChI=1S/C24H24F2N2O5S/c1-32-22-12-3-17(15-23(22)33-2)13-14-27-24(29)16-28(20-8-4-18(25)5-9-20)34(30,31)21-10-6-19(26)7-11-21/h3-12,15H,13-14,16H2,1-2H3,(H,27,29). The minimum absolute atomic E-state index is 0.0979. The third-order valence-corrected chi connectivity index (χ3v) is 6.78. The highest BCUT2D eigenvalue weighted by Crippen LogP contribution is 2.28. The van der Waals surface area contributed by atoms with Crippen LogP contribution in [0.2, 0.25) is 0 Å². The van der Waals surface area contributed by atoms with Gasteiger partial charge in [-0.2, -0.15) is 0 Å². The first-order valence-corrected chi connectivity index (χ1v) is 11.7. The van der Waals surface area contributed by atoms with Gasteiger partial charge < -0.3 is 14.8 Å². The van der Waals surface area contributed by atoms with Crippen LogP contribution in [0.25, 0.3) is 0 Å². The number of carbonyl (C=O) groups is 1. The first-order valence-electron chi connectivity index (χ1n) is 10.3. The monoisotopic (exact) mass is 490 g/mol. The van der Waals surface area contributed by atoms with E-state index in [0.717, 1.165) is 46.3 Å². The van der Waals surface area contributed by atoms with Gasteiger partial charge in [0, 0.05) is 6.54 Å². The average molecular weight is 491 g/mol. The van der Waals surface area contributed by atoms with Crippen molar-refractivity contribution in [1.29, 1.82) is 0 Å². The van der Waals surface area contributed by atoms with Crippen molar-refractivity contribution < 1.29 is 31.5 Å². The Kier molecular flexibility index (Phi) is 8.06. The molecule has 1 N–H and O–H groups in total. The van der Waals surface area contributed by atoms with E-state index in [1.807, 2.05) is 6.07 Å². The highest BCUT2D eigenvalue weighted by atomic mass is 32.2. The van der Waals surface area contributed by atoms with E-state index >= 15 is 0 Å². The molecule has 34 heavy (non-hydrogen) atoms. The molecule has 0 aliphatic rings. The fourth-order valence-corrected chi connectivity index (χ4v) is 4.65. The zero-order valence-corrected chi connectivity index (χ0v) is 19.4. The Morgan fingerprint density at radius 1 is 0.882 bits per heavy atom. The van der Waals surface area contributed by atoms with E-state index in [2.05, 4.69) is 5.32 Å². The molecule has 0 aliphatic carbocycles. The molecule has 0 saturated carbocycles. The molecule has 180 valence electrons. The summed E-state index contributed by atoms with van der Waals surface area (Å²) in [7, 11) is -1.16. The average Bonchev–Trinajstić information content (AvgIpc) is 2.83. The van der Waals surface area contributed by atoms with Crippen LogP contribution in [0.5, 0.6) is 11.5 Å². The van der Waals surface area contributed by atoms with Gasteiger partial charge in [0.25, 0.3) is 10.0 Å². The highest BCUT2D eigenvalue weighted by Gasteiger charge is 2.27. The normalized spacial score (nSPS) is 11.1. The van der Waals surface area contributed by atoms with Gasteiger partial charge in [0.05, 0.1) is 24.8 Å². The summed E-state index contributed by atoms with van der Waals surface area (Å²) in [6.45, 7) is -0.306. The first-order chi connectivity index (χ1) is 16.2. The van der Waals surface area contributed by atoms with E-state index in [9.17, 15) is 22.0 Å². The SMILES string of the molecule is COc1ccc(CCNC(=O)CN(c2ccc(F)cc2)S(=O)(=O)c2ccc(F)cc2)cc1OC. The predicted molar refractivity (Wildman–Crippen MR) is 124 cm³/mol. The smallest absolute Gasteiger partial charge is 0.264 e. The molecule has 3 rings (SSSR count). The van der Waals surface area contributed by atoms with Crippen molar-refractivity contribution in [3.63, 3.8) is 0 Å². The molecular formula is C24H24F2N2O5S. The summed E-state index contributed by atoms with van der Waals surface area (Å²) in [5.41, 5.74) is 0.980. The summed E-state index contributed by atoms with van der Waals surface area (Å²) in [6, 6.07) is 14.3. The van der Waals surface area contributed by atoms with Gasteiger partial charge in [0.15, 0.2) is 11.5 Å². The lowest BCUT2D eigenvalue weighted by Gasteiger charge is -2.24. The Bertz CT molecular complexity index is 1230. The number of methoxy groups -OCH3 is 2. The van der Waals surface area contributed by atoms with Crippen molar-refractivity contribution >= 4 is 21.6 Å². The van der Waals surface area contributed by atoms with Gasteiger partial charge in [0.1, 0.15) is 18.2 Å². The van der Waals surface area contributed by atoms with Crippen LogP contribution in [-0.2, 0) is 21.2 Å². The summed E-state index contributed by atoms with van der Waals surface area (Å²) in [4.78, 5) is 12.4. The third kappa shape index (κ3) is 6.02. The Morgan fingerprint density at radius 3 is 2.06 bits per heavy atom. The minimum Gasteiger partial charge on any atom is -0.493 e.